The molecule has 0 aliphatic rings. The molecule has 0 spiro atoms. The number of hydrogen-bond donors (Lipinski definition) is 1. The van der Waals surface area contributed by atoms with Crippen LogP contribution in [0.15, 0.2) is 65.7 Å². The summed E-state index contributed by atoms with van der Waals surface area (Å²) in [5, 5.41) is 8.31. The van der Waals surface area contributed by atoms with Crippen LogP contribution in [0.2, 0.25) is 4.34 Å². The monoisotopic (exact) mass is 523 g/mol. The Morgan fingerprint density at radius 2 is 1.83 bits per heavy atom. The second-order valence-corrected chi connectivity index (χ2v) is 9.75. The summed E-state index contributed by atoms with van der Waals surface area (Å²) in [6.07, 6.45) is 4.39. The van der Waals surface area contributed by atoms with Crippen molar-refractivity contribution in [2.75, 3.05) is 0 Å². The Bertz CT molecular complexity index is 1490. The molecule has 0 unspecified atom stereocenters. The number of carbonyl (C=O) groups is 3. The summed E-state index contributed by atoms with van der Waals surface area (Å²) in [6, 6.07) is 13.2. The fraction of sp³-hybridized carbons (Fsp3) is 0.200. The van der Waals surface area contributed by atoms with Crippen LogP contribution >= 0.6 is 22.9 Å². The predicted molar refractivity (Wildman–Crippen MR) is 136 cm³/mol. The van der Waals surface area contributed by atoms with Gasteiger partial charge in [0.1, 0.15) is 0 Å². The van der Waals surface area contributed by atoms with E-state index in [0.717, 1.165) is 0 Å². The first-order valence-electron chi connectivity index (χ1n) is 11.2. The molecule has 184 valence electrons. The van der Waals surface area contributed by atoms with Crippen molar-refractivity contribution >= 4 is 40.4 Å². The highest BCUT2D eigenvalue weighted by Crippen LogP contribution is 2.24. The van der Waals surface area contributed by atoms with E-state index < -0.39 is 5.91 Å². The number of amides is 1. The third-order valence-electron chi connectivity index (χ3n) is 5.45. The van der Waals surface area contributed by atoms with Crippen LogP contribution in [0.25, 0.3) is 11.4 Å². The quantitative estimate of drug-likeness (QED) is 0.298. The second-order valence-electron chi connectivity index (χ2n) is 8.03. The number of aryl methyl sites for hydroxylation is 1. The summed E-state index contributed by atoms with van der Waals surface area (Å²) in [4.78, 5) is 49.5. The summed E-state index contributed by atoms with van der Waals surface area (Å²) in [6.45, 7) is 0. The molecule has 3 heterocycles. The fourth-order valence-corrected chi connectivity index (χ4v) is 4.67. The molecule has 1 amide bonds. The number of carbonyl (C=O) groups excluding carboxylic acids is 3. The zero-order valence-electron chi connectivity index (χ0n) is 19.1. The van der Waals surface area contributed by atoms with E-state index >= 15 is 0 Å². The Balaban J connectivity index is 1.60. The van der Waals surface area contributed by atoms with Crippen LogP contribution in [0, 0.1) is 0 Å². The SMILES string of the molecule is NC(=O)CCCC(=O)c1cc(-n2ccccc2=O)ccc1-n1cc(CCC(=O)c2ccc(Cl)s2)nn1. The van der Waals surface area contributed by atoms with Gasteiger partial charge >= 0.3 is 0 Å². The van der Waals surface area contributed by atoms with Gasteiger partial charge in [-0.3, -0.25) is 23.7 Å². The standard InChI is InChI=1S/C25H22ClN5O4S/c26-23-12-11-22(36-23)21(33)10-7-16-15-31(29-28-16)19-9-8-17(30-13-2-1-6-25(30)35)14-18(19)20(32)4-3-5-24(27)34/h1-2,6,8-9,11-15H,3-5,7,10H2,(H2,27,34). The first-order valence-corrected chi connectivity index (χ1v) is 12.3. The van der Waals surface area contributed by atoms with Gasteiger partial charge in [0.2, 0.25) is 5.91 Å². The highest BCUT2D eigenvalue weighted by atomic mass is 35.5. The summed E-state index contributed by atoms with van der Waals surface area (Å²) in [5.74, 6) is -0.740. The van der Waals surface area contributed by atoms with Crippen molar-refractivity contribution in [3.63, 3.8) is 0 Å². The lowest BCUT2D eigenvalue weighted by Gasteiger charge is -2.12. The first kappa shape index (κ1) is 25.2. The lowest BCUT2D eigenvalue weighted by molar-refractivity contribution is -0.118. The number of aromatic nitrogens is 4. The molecule has 36 heavy (non-hydrogen) atoms. The normalized spacial score (nSPS) is 10.9. The number of hydrogen-bond acceptors (Lipinski definition) is 7. The number of benzene rings is 1. The van der Waals surface area contributed by atoms with Crippen molar-refractivity contribution in [3.8, 4) is 11.4 Å². The molecule has 3 aromatic heterocycles. The average Bonchev–Trinajstić information content (AvgIpc) is 3.51. The average molecular weight is 524 g/mol. The molecule has 0 atom stereocenters. The topological polar surface area (TPSA) is 130 Å². The number of Topliss-reactive ketones (excluding diaryl/α,β-unsaturated/α-hetero) is 2. The third-order valence-corrected chi connectivity index (χ3v) is 6.72. The van der Waals surface area contributed by atoms with Gasteiger partial charge in [-0.25, -0.2) is 4.68 Å². The highest BCUT2D eigenvalue weighted by Gasteiger charge is 2.17. The van der Waals surface area contributed by atoms with Gasteiger partial charge in [-0.05, 0) is 42.8 Å². The van der Waals surface area contributed by atoms with Gasteiger partial charge in [-0.2, -0.15) is 0 Å². The number of ketones is 2. The molecule has 0 bridgehead atoms. The maximum atomic E-state index is 13.1. The van der Waals surface area contributed by atoms with Crippen molar-refractivity contribution in [3.05, 3.63) is 91.7 Å². The molecule has 4 rings (SSSR count). The van der Waals surface area contributed by atoms with E-state index in [2.05, 4.69) is 10.3 Å². The van der Waals surface area contributed by atoms with Crippen LogP contribution in [-0.2, 0) is 11.2 Å². The summed E-state index contributed by atoms with van der Waals surface area (Å²) in [5.41, 5.74) is 6.87. The molecule has 0 saturated heterocycles. The Morgan fingerprint density at radius 3 is 2.56 bits per heavy atom. The number of primary amides is 1. The van der Waals surface area contributed by atoms with Gasteiger partial charge in [0, 0.05) is 49.2 Å². The van der Waals surface area contributed by atoms with Crippen LogP contribution < -0.4 is 11.3 Å². The van der Waals surface area contributed by atoms with Gasteiger partial charge in [0.15, 0.2) is 11.6 Å². The number of pyridine rings is 1. The second kappa shape index (κ2) is 11.2. The molecule has 4 aromatic rings. The lowest BCUT2D eigenvalue weighted by Crippen LogP contribution is -2.17. The number of nitrogens with zero attached hydrogens (tertiary/aromatic N) is 4. The summed E-state index contributed by atoms with van der Waals surface area (Å²) in [7, 11) is 0. The van der Waals surface area contributed by atoms with Crippen molar-refractivity contribution in [1.29, 1.82) is 0 Å². The lowest BCUT2D eigenvalue weighted by atomic mass is 10.0. The number of halogens is 1. The zero-order chi connectivity index (χ0) is 25.7. The van der Waals surface area contributed by atoms with E-state index in [1.165, 1.54) is 26.7 Å². The van der Waals surface area contributed by atoms with E-state index in [4.69, 9.17) is 17.3 Å². The molecule has 0 radical (unpaired) electrons. The maximum Gasteiger partial charge on any atom is 0.255 e. The Kier molecular flexibility index (Phi) is 7.87. The Hall–Kier alpha value is -3.89. The van der Waals surface area contributed by atoms with E-state index in [1.807, 2.05) is 0 Å². The third kappa shape index (κ3) is 6.02. The fourth-order valence-electron chi connectivity index (χ4n) is 3.66. The summed E-state index contributed by atoms with van der Waals surface area (Å²) >= 11 is 7.14. The molecular weight excluding hydrogens is 502 g/mol. The Morgan fingerprint density at radius 1 is 1.00 bits per heavy atom. The van der Waals surface area contributed by atoms with Gasteiger partial charge in [0.05, 0.1) is 26.8 Å². The minimum Gasteiger partial charge on any atom is -0.370 e. The predicted octanol–water partition coefficient (Wildman–Crippen LogP) is 3.79. The van der Waals surface area contributed by atoms with Crippen molar-refractivity contribution in [2.24, 2.45) is 5.73 Å². The van der Waals surface area contributed by atoms with Crippen LogP contribution in [0.1, 0.15) is 51.4 Å². The van der Waals surface area contributed by atoms with Gasteiger partial charge in [0.25, 0.3) is 5.56 Å². The van der Waals surface area contributed by atoms with E-state index in [-0.39, 0.29) is 36.4 Å². The van der Waals surface area contributed by atoms with Gasteiger partial charge in [-0.15, -0.1) is 16.4 Å². The Labute approximate surface area is 215 Å². The van der Waals surface area contributed by atoms with Gasteiger partial charge < -0.3 is 5.73 Å². The molecule has 9 nitrogen and oxygen atoms in total. The largest absolute Gasteiger partial charge is 0.370 e. The molecule has 2 N–H and O–H groups in total. The summed E-state index contributed by atoms with van der Waals surface area (Å²) < 4.78 is 3.46. The number of nitrogens with two attached hydrogens (primary N) is 1. The zero-order valence-corrected chi connectivity index (χ0v) is 20.7. The van der Waals surface area contributed by atoms with Crippen molar-refractivity contribution < 1.29 is 14.4 Å². The van der Waals surface area contributed by atoms with Crippen LogP contribution in [0.4, 0.5) is 0 Å². The minimum absolute atomic E-state index is 0.0376. The van der Waals surface area contributed by atoms with Crippen LogP contribution in [0.5, 0.6) is 0 Å². The smallest absolute Gasteiger partial charge is 0.255 e. The molecule has 0 aliphatic carbocycles. The molecule has 0 fully saturated rings. The number of thiophene rings is 1. The van der Waals surface area contributed by atoms with E-state index in [9.17, 15) is 19.2 Å². The molecule has 11 heteroatoms. The van der Waals surface area contributed by atoms with E-state index in [0.29, 0.717) is 44.7 Å². The van der Waals surface area contributed by atoms with Crippen molar-refractivity contribution in [1.82, 2.24) is 19.6 Å². The molecular formula is C25H22ClN5O4S. The first-order chi connectivity index (χ1) is 17.3. The van der Waals surface area contributed by atoms with Gasteiger partial charge in [-0.1, -0.05) is 22.9 Å². The van der Waals surface area contributed by atoms with E-state index in [1.54, 1.807) is 54.9 Å². The van der Waals surface area contributed by atoms with Crippen molar-refractivity contribution in [2.45, 2.75) is 32.1 Å². The molecule has 0 saturated carbocycles. The molecule has 0 aliphatic heterocycles. The molecule has 1 aromatic carbocycles. The maximum absolute atomic E-state index is 13.1. The highest BCUT2D eigenvalue weighted by molar-refractivity contribution is 7.18. The van der Waals surface area contributed by atoms with Crippen LogP contribution in [-0.4, -0.2) is 37.0 Å². The minimum atomic E-state index is -0.479. The van der Waals surface area contributed by atoms with Crippen LogP contribution in [0.3, 0.4) is 0 Å². The number of rotatable bonds is 11.